The number of amides is 1. The predicted octanol–water partition coefficient (Wildman–Crippen LogP) is 2.91. The summed E-state index contributed by atoms with van der Waals surface area (Å²) < 4.78 is 5.05. The molecule has 0 saturated carbocycles. The molecule has 7 nitrogen and oxygen atoms in total. The van der Waals surface area contributed by atoms with E-state index in [-0.39, 0.29) is 35.2 Å². The summed E-state index contributed by atoms with van der Waals surface area (Å²) in [5, 5.41) is 10.8. The molecule has 1 aliphatic rings. The Morgan fingerprint density at radius 2 is 2.00 bits per heavy atom. The van der Waals surface area contributed by atoms with E-state index in [0.29, 0.717) is 4.88 Å². The van der Waals surface area contributed by atoms with Crippen LogP contribution in [0.15, 0.2) is 6.07 Å². The molecule has 1 aromatic rings. The molecule has 126 valence electrons. The molecule has 8 heteroatoms. The highest BCUT2D eigenvalue weighted by Crippen LogP contribution is 2.28. The Balaban J connectivity index is 1.97. The molecule has 2 atom stereocenters. The molecule has 0 spiro atoms. The number of carbonyl (C=O) groups excluding carboxylic acids is 2. The maximum atomic E-state index is 12.3. The summed E-state index contributed by atoms with van der Waals surface area (Å²) >= 11 is 0.998. The fourth-order valence-corrected chi connectivity index (χ4v) is 3.82. The summed E-state index contributed by atoms with van der Waals surface area (Å²) in [4.78, 5) is 36.9. The summed E-state index contributed by atoms with van der Waals surface area (Å²) in [6.45, 7) is 5.21. The van der Waals surface area contributed by atoms with Crippen molar-refractivity contribution in [3.8, 4) is 0 Å². The first kappa shape index (κ1) is 17.4. The van der Waals surface area contributed by atoms with Crippen LogP contribution >= 0.6 is 11.3 Å². The van der Waals surface area contributed by atoms with Gasteiger partial charge in [0, 0.05) is 18.2 Å². The van der Waals surface area contributed by atoms with Gasteiger partial charge in [0.25, 0.3) is 11.6 Å². The minimum Gasteiger partial charge on any atom is -0.451 e. The number of rotatable bonds is 4. The lowest BCUT2D eigenvalue weighted by Crippen LogP contribution is -2.49. The number of hydrogen-bond acceptors (Lipinski definition) is 6. The topological polar surface area (TPSA) is 89.8 Å². The van der Waals surface area contributed by atoms with E-state index in [1.54, 1.807) is 11.8 Å². The number of nitro groups is 1. The third-order valence-corrected chi connectivity index (χ3v) is 5.12. The fraction of sp³-hybridized carbons (Fsp3) is 0.600. The quantitative estimate of drug-likeness (QED) is 0.477. The van der Waals surface area contributed by atoms with E-state index in [1.165, 1.54) is 6.07 Å². The van der Waals surface area contributed by atoms with Crippen molar-refractivity contribution in [3.63, 3.8) is 0 Å². The third kappa shape index (κ3) is 3.87. The van der Waals surface area contributed by atoms with Crippen LogP contribution in [0.5, 0.6) is 0 Å². The molecule has 0 bridgehead atoms. The SMILES string of the molecule is Cc1sc(C(=O)OCC(=O)N2[C@H](C)CCC[C@@H]2C)cc1[N+](=O)[O-]. The Bertz CT molecular complexity index is 617. The molecule has 1 aromatic heterocycles. The molecule has 0 radical (unpaired) electrons. The first-order chi connectivity index (χ1) is 10.8. The lowest BCUT2D eigenvalue weighted by atomic mass is 9.97. The Labute approximate surface area is 138 Å². The Hall–Kier alpha value is -1.96. The second kappa shape index (κ2) is 7.08. The van der Waals surface area contributed by atoms with Gasteiger partial charge in [0.1, 0.15) is 4.88 Å². The van der Waals surface area contributed by atoms with Crippen molar-refractivity contribution >= 4 is 28.9 Å². The molecule has 1 fully saturated rings. The maximum Gasteiger partial charge on any atom is 0.349 e. The van der Waals surface area contributed by atoms with Crippen LogP contribution in [0.4, 0.5) is 5.69 Å². The maximum absolute atomic E-state index is 12.3. The first-order valence-corrected chi connectivity index (χ1v) is 8.36. The van der Waals surface area contributed by atoms with Crippen LogP contribution in [0, 0.1) is 17.0 Å². The van der Waals surface area contributed by atoms with E-state index in [2.05, 4.69) is 0 Å². The van der Waals surface area contributed by atoms with Gasteiger partial charge in [-0.2, -0.15) is 0 Å². The van der Waals surface area contributed by atoms with Crippen molar-refractivity contribution < 1.29 is 19.2 Å². The van der Waals surface area contributed by atoms with Crippen molar-refractivity contribution in [1.82, 2.24) is 4.90 Å². The van der Waals surface area contributed by atoms with Crippen molar-refractivity contribution in [2.75, 3.05) is 6.61 Å². The van der Waals surface area contributed by atoms with Gasteiger partial charge < -0.3 is 9.64 Å². The fourth-order valence-electron chi connectivity index (χ4n) is 2.94. The van der Waals surface area contributed by atoms with Crippen LogP contribution in [0.3, 0.4) is 0 Å². The smallest absolute Gasteiger partial charge is 0.349 e. The Morgan fingerprint density at radius 1 is 1.39 bits per heavy atom. The highest BCUT2D eigenvalue weighted by Gasteiger charge is 2.30. The monoisotopic (exact) mass is 340 g/mol. The van der Waals surface area contributed by atoms with Gasteiger partial charge >= 0.3 is 5.97 Å². The van der Waals surface area contributed by atoms with Crippen LogP contribution in [-0.2, 0) is 9.53 Å². The zero-order valence-electron chi connectivity index (χ0n) is 13.4. The molecule has 1 amide bonds. The average molecular weight is 340 g/mol. The highest BCUT2D eigenvalue weighted by atomic mass is 32.1. The number of nitrogens with zero attached hydrogens (tertiary/aromatic N) is 2. The second-order valence-corrected chi connectivity index (χ2v) is 7.07. The van der Waals surface area contributed by atoms with Crippen molar-refractivity contribution in [1.29, 1.82) is 0 Å². The first-order valence-electron chi connectivity index (χ1n) is 7.54. The summed E-state index contributed by atoms with van der Waals surface area (Å²) in [7, 11) is 0. The van der Waals surface area contributed by atoms with E-state index < -0.39 is 10.9 Å². The average Bonchev–Trinajstić information content (AvgIpc) is 2.87. The van der Waals surface area contributed by atoms with Gasteiger partial charge in [-0.1, -0.05) is 0 Å². The number of ether oxygens (including phenoxy) is 1. The predicted molar refractivity (Wildman–Crippen MR) is 85.6 cm³/mol. The zero-order chi connectivity index (χ0) is 17.1. The molecule has 0 N–H and O–H groups in total. The number of aryl methyl sites for hydroxylation is 1. The number of likely N-dealkylation sites (tertiary alicyclic amines) is 1. The van der Waals surface area contributed by atoms with Crippen molar-refractivity contribution in [2.24, 2.45) is 0 Å². The summed E-state index contributed by atoms with van der Waals surface area (Å²) in [5.74, 6) is -0.919. The largest absolute Gasteiger partial charge is 0.451 e. The molecular weight excluding hydrogens is 320 g/mol. The van der Waals surface area contributed by atoms with Crippen molar-refractivity contribution in [3.05, 3.63) is 25.9 Å². The van der Waals surface area contributed by atoms with Gasteiger partial charge in [0.15, 0.2) is 6.61 Å². The lowest BCUT2D eigenvalue weighted by molar-refractivity contribution is -0.385. The standard InChI is InChI=1S/C15H20N2O5S/c1-9-5-4-6-10(2)16(9)14(18)8-22-15(19)13-7-12(17(20)21)11(3)23-13/h7,9-10H,4-6,8H2,1-3H3/t9-,10+. The molecule has 0 aromatic carbocycles. The van der Waals surface area contributed by atoms with E-state index in [9.17, 15) is 19.7 Å². The number of thiophene rings is 1. The molecular formula is C15H20N2O5S. The molecule has 1 saturated heterocycles. The van der Waals surface area contributed by atoms with Crippen LogP contribution in [0.25, 0.3) is 0 Å². The van der Waals surface area contributed by atoms with Crippen molar-refractivity contribution in [2.45, 2.75) is 52.1 Å². The van der Waals surface area contributed by atoms with Gasteiger partial charge in [-0.05, 0) is 40.0 Å². The third-order valence-electron chi connectivity index (χ3n) is 4.10. The van der Waals surface area contributed by atoms with E-state index in [1.807, 2.05) is 13.8 Å². The van der Waals surface area contributed by atoms with Crippen LogP contribution in [0.1, 0.15) is 47.7 Å². The minimum atomic E-state index is -0.697. The molecule has 2 heterocycles. The second-order valence-electron chi connectivity index (χ2n) is 5.82. The number of carbonyl (C=O) groups is 2. The Morgan fingerprint density at radius 3 is 2.52 bits per heavy atom. The Kier molecular flexibility index (Phi) is 5.35. The van der Waals surface area contributed by atoms with Gasteiger partial charge in [0.2, 0.25) is 0 Å². The van der Waals surface area contributed by atoms with Gasteiger partial charge in [-0.3, -0.25) is 14.9 Å². The number of esters is 1. The summed E-state index contributed by atoms with van der Waals surface area (Å²) in [6, 6.07) is 1.46. The van der Waals surface area contributed by atoms with E-state index in [0.717, 1.165) is 30.6 Å². The van der Waals surface area contributed by atoms with Crippen LogP contribution < -0.4 is 0 Å². The van der Waals surface area contributed by atoms with E-state index in [4.69, 9.17) is 4.74 Å². The lowest BCUT2D eigenvalue weighted by Gasteiger charge is -2.38. The number of piperidine rings is 1. The molecule has 0 aliphatic carbocycles. The van der Waals surface area contributed by atoms with E-state index >= 15 is 0 Å². The highest BCUT2D eigenvalue weighted by molar-refractivity contribution is 7.14. The van der Waals surface area contributed by atoms with Crippen LogP contribution in [-0.4, -0.2) is 40.4 Å². The summed E-state index contributed by atoms with van der Waals surface area (Å²) in [6.07, 6.45) is 2.98. The zero-order valence-corrected chi connectivity index (χ0v) is 14.2. The van der Waals surface area contributed by atoms with Gasteiger partial charge in [-0.25, -0.2) is 4.79 Å². The van der Waals surface area contributed by atoms with Gasteiger partial charge in [-0.15, -0.1) is 11.3 Å². The molecule has 2 rings (SSSR count). The van der Waals surface area contributed by atoms with Gasteiger partial charge in [0.05, 0.1) is 9.80 Å². The normalized spacial score (nSPS) is 21.1. The summed E-state index contributed by atoms with van der Waals surface area (Å²) in [5.41, 5.74) is -0.105. The van der Waals surface area contributed by atoms with Crippen LogP contribution in [0.2, 0.25) is 0 Å². The molecule has 1 aliphatic heterocycles. The minimum absolute atomic E-state index is 0.105. The number of hydrogen-bond donors (Lipinski definition) is 0. The molecule has 0 unspecified atom stereocenters. The molecule has 23 heavy (non-hydrogen) atoms.